The fraction of sp³-hybridized carbons (Fsp3) is 0.292. The van der Waals surface area contributed by atoms with E-state index in [1.165, 1.54) is 42.3 Å². The Bertz CT molecular complexity index is 933. The molecule has 0 atom stereocenters. The maximum Gasteiger partial charge on any atom is 0.230 e. The number of hydrogen-bond donors (Lipinski definition) is 1. The number of carbonyl (C=O) groups is 1. The van der Waals surface area contributed by atoms with Gasteiger partial charge in [-0.2, -0.15) is 0 Å². The molecule has 144 valence electrons. The second-order valence-corrected chi connectivity index (χ2v) is 8.42. The topological polar surface area (TPSA) is 32.3 Å². The summed E-state index contributed by atoms with van der Waals surface area (Å²) < 4.78 is 0. The number of hydrogen-bond acceptors (Lipinski definition) is 3. The summed E-state index contributed by atoms with van der Waals surface area (Å²) in [5, 5.41) is 5.47. The highest BCUT2D eigenvalue weighted by atomic mass is 32.2. The van der Waals surface area contributed by atoms with Gasteiger partial charge in [0.05, 0.1) is 5.75 Å². The molecule has 1 N–H and O–H groups in total. The number of amides is 1. The third-order valence-corrected chi connectivity index (χ3v) is 6.20. The van der Waals surface area contributed by atoms with Gasteiger partial charge in [-0.25, -0.2) is 0 Å². The summed E-state index contributed by atoms with van der Waals surface area (Å²) in [6.07, 6.45) is 2.64. The van der Waals surface area contributed by atoms with Crippen molar-refractivity contribution in [2.45, 2.75) is 30.8 Å². The van der Waals surface area contributed by atoms with Gasteiger partial charge in [-0.15, -0.1) is 11.8 Å². The van der Waals surface area contributed by atoms with E-state index < -0.39 is 0 Å². The zero-order valence-corrected chi connectivity index (χ0v) is 16.9. The van der Waals surface area contributed by atoms with Crippen molar-refractivity contribution in [3.8, 4) is 0 Å². The molecule has 28 heavy (non-hydrogen) atoms. The first kappa shape index (κ1) is 19.0. The van der Waals surface area contributed by atoms with Gasteiger partial charge in [-0.3, -0.25) is 9.69 Å². The fourth-order valence-electron chi connectivity index (χ4n) is 3.62. The SMILES string of the molecule is O=C(CSc1ccc2ccccc2c1)NCc1ccc(CN2CCCC2)cc1. The molecule has 0 bridgehead atoms. The Hall–Kier alpha value is -2.30. The number of nitrogens with zero attached hydrogens (tertiary/aromatic N) is 1. The molecule has 0 aromatic heterocycles. The molecule has 0 saturated carbocycles. The molecule has 0 aliphatic carbocycles. The van der Waals surface area contributed by atoms with E-state index in [0.717, 1.165) is 17.0 Å². The maximum absolute atomic E-state index is 12.2. The van der Waals surface area contributed by atoms with Crippen molar-refractivity contribution in [1.29, 1.82) is 0 Å². The van der Waals surface area contributed by atoms with Crippen LogP contribution >= 0.6 is 11.8 Å². The molecule has 0 radical (unpaired) electrons. The Morgan fingerprint density at radius 3 is 2.39 bits per heavy atom. The highest BCUT2D eigenvalue weighted by molar-refractivity contribution is 8.00. The summed E-state index contributed by atoms with van der Waals surface area (Å²) >= 11 is 1.58. The van der Waals surface area contributed by atoms with E-state index in [4.69, 9.17) is 0 Å². The van der Waals surface area contributed by atoms with Crippen molar-refractivity contribution in [3.05, 3.63) is 77.9 Å². The minimum absolute atomic E-state index is 0.0688. The summed E-state index contributed by atoms with van der Waals surface area (Å²) in [6.45, 7) is 4.05. The minimum Gasteiger partial charge on any atom is -0.351 e. The third kappa shape index (κ3) is 5.15. The molecule has 1 amide bonds. The van der Waals surface area contributed by atoms with Gasteiger partial charge in [-0.05, 0) is 60.0 Å². The van der Waals surface area contributed by atoms with Crippen LogP contribution in [0.1, 0.15) is 24.0 Å². The van der Waals surface area contributed by atoms with E-state index >= 15 is 0 Å². The molecule has 3 aromatic carbocycles. The van der Waals surface area contributed by atoms with Gasteiger partial charge in [0.25, 0.3) is 0 Å². The van der Waals surface area contributed by atoms with Gasteiger partial charge in [0.2, 0.25) is 5.91 Å². The lowest BCUT2D eigenvalue weighted by Gasteiger charge is -2.14. The van der Waals surface area contributed by atoms with E-state index in [0.29, 0.717) is 12.3 Å². The molecule has 1 saturated heterocycles. The minimum atomic E-state index is 0.0688. The Balaban J connectivity index is 1.23. The predicted octanol–water partition coefficient (Wildman–Crippen LogP) is 4.84. The van der Waals surface area contributed by atoms with E-state index in [1.807, 2.05) is 12.1 Å². The smallest absolute Gasteiger partial charge is 0.230 e. The molecular weight excluding hydrogens is 364 g/mol. The number of thioether (sulfide) groups is 1. The van der Waals surface area contributed by atoms with Crippen molar-refractivity contribution < 1.29 is 4.79 Å². The lowest BCUT2D eigenvalue weighted by atomic mass is 10.1. The first-order valence-electron chi connectivity index (χ1n) is 9.95. The molecule has 1 aliphatic rings. The monoisotopic (exact) mass is 390 g/mol. The van der Waals surface area contributed by atoms with Crippen LogP contribution in [0.25, 0.3) is 10.8 Å². The van der Waals surface area contributed by atoms with Crippen molar-refractivity contribution in [3.63, 3.8) is 0 Å². The van der Waals surface area contributed by atoms with Crippen molar-refractivity contribution in [1.82, 2.24) is 10.2 Å². The molecule has 3 nitrogen and oxygen atoms in total. The molecule has 4 rings (SSSR count). The van der Waals surface area contributed by atoms with Crippen molar-refractivity contribution in [2.75, 3.05) is 18.8 Å². The third-order valence-electron chi connectivity index (χ3n) is 5.21. The van der Waals surface area contributed by atoms with Crippen LogP contribution in [0.15, 0.2) is 71.6 Å². The molecule has 3 aromatic rings. The van der Waals surface area contributed by atoms with E-state index in [2.05, 4.69) is 64.8 Å². The highest BCUT2D eigenvalue weighted by Gasteiger charge is 2.11. The average Bonchev–Trinajstić information content (AvgIpc) is 3.24. The number of nitrogens with one attached hydrogen (secondary N) is 1. The van der Waals surface area contributed by atoms with Gasteiger partial charge in [-0.1, -0.05) is 54.6 Å². The average molecular weight is 391 g/mol. The van der Waals surface area contributed by atoms with Gasteiger partial charge < -0.3 is 5.32 Å². The van der Waals surface area contributed by atoms with Crippen LogP contribution in [0, 0.1) is 0 Å². The van der Waals surface area contributed by atoms with Crippen molar-refractivity contribution in [2.24, 2.45) is 0 Å². The zero-order chi connectivity index (χ0) is 19.2. The number of carbonyl (C=O) groups excluding carboxylic acids is 1. The van der Waals surface area contributed by atoms with Crippen molar-refractivity contribution >= 4 is 28.4 Å². The Morgan fingerprint density at radius 2 is 1.61 bits per heavy atom. The van der Waals surface area contributed by atoms with Gasteiger partial charge >= 0.3 is 0 Å². The molecular formula is C24H26N2OS. The van der Waals surface area contributed by atoms with Gasteiger partial charge in [0.1, 0.15) is 0 Å². The zero-order valence-electron chi connectivity index (χ0n) is 16.1. The van der Waals surface area contributed by atoms with Crippen LogP contribution in [0.4, 0.5) is 0 Å². The summed E-state index contributed by atoms with van der Waals surface area (Å²) in [5.74, 6) is 0.505. The molecule has 4 heteroatoms. The first-order chi connectivity index (χ1) is 13.8. The maximum atomic E-state index is 12.2. The Morgan fingerprint density at radius 1 is 0.893 bits per heavy atom. The Kier molecular flexibility index (Phi) is 6.30. The predicted molar refractivity (Wildman–Crippen MR) is 117 cm³/mol. The quantitative estimate of drug-likeness (QED) is 0.586. The number of benzene rings is 3. The second-order valence-electron chi connectivity index (χ2n) is 7.37. The normalized spacial score (nSPS) is 14.4. The summed E-state index contributed by atoms with van der Waals surface area (Å²) in [6, 6.07) is 23.3. The molecule has 0 spiro atoms. The molecule has 1 fully saturated rings. The van der Waals surface area contributed by atoms with E-state index in [-0.39, 0.29) is 5.91 Å². The van der Waals surface area contributed by atoms with Gasteiger partial charge in [0.15, 0.2) is 0 Å². The van der Waals surface area contributed by atoms with Crippen LogP contribution in [-0.4, -0.2) is 29.6 Å². The highest BCUT2D eigenvalue weighted by Crippen LogP contribution is 2.23. The molecule has 0 unspecified atom stereocenters. The number of fused-ring (bicyclic) bond motifs is 1. The molecule has 1 heterocycles. The standard InChI is InChI=1S/C24H26N2OS/c27-24(18-28-23-12-11-21-5-1-2-6-22(21)15-23)25-16-19-7-9-20(10-8-19)17-26-13-3-4-14-26/h1-2,5-12,15H,3-4,13-14,16-18H2,(H,25,27). The van der Waals surface area contributed by atoms with Crippen LogP contribution in [0.3, 0.4) is 0 Å². The largest absolute Gasteiger partial charge is 0.351 e. The number of likely N-dealkylation sites (tertiary alicyclic amines) is 1. The summed E-state index contributed by atoms with van der Waals surface area (Å²) in [5.41, 5.74) is 2.50. The van der Waals surface area contributed by atoms with Crippen LogP contribution in [-0.2, 0) is 17.9 Å². The lowest BCUT2D eigenvalue weighted by Crippen LogP contribution is -2.24. The van der Waals surface area contributed by atoms with Crippen LogP contribution < -0.4 is 5.32 Å². The van der Waals surface area contributed by atoms with E-state index in [9.17, 15) is 4.79 Å². The summed E-state index contributed by atoms with van der Waals surface area (Å²) in [4.78, 5) is 15.8. The first-order valence-corrected chi connectivity index (χ1v) is 10.9. The van der Waals surface area contributed by atoms with Crippen LogP contribution in [0.2, 0.25) is 0 Å². The number of rotatable bonds is 7. The van der Waals surface area contributed by atoms with Gasteiger partial charge in [0, 0.05) is 18.0 Å². The Labute approximate surface area is 171 Å². The van der Waals surface area contributed by atoms with E-state index in [1.54, 1.807) is 11.8 Å². The second kappa shape index (κ2) is 9.26. The lowest BCUT2D eigenvalue weighted by molar-refractivity contribution is -0.118. The molecule has 1 aliphatic heterocycles. The van der Waals surface area contributed by atoms with Crippen LogP contribution in [0.5, 0.6) is 0 Å². The summed E-state index contributed by atoms with van der Waals surface area (Å²) in [7, 11) is 0. The fourth-order valence-corrected chi connectivity index (χ4v) is 4.39.